The van der Waals surface area contributed by atoms with Gasteiger partial charge in [-0.25, -0.2) is 4.79 Å². The fourth-order valence-corrected chi connectivity index (χ4v) is 3.98. The van der Waals surface area contributed by atoms with Gasteiger partial charge in [-0.15, -0.1) is 0 Å². The van der Waals surface area contributed by atoms with Gasteiger partial charge >= 0.3 is 5.97 Å². The molecule has 6 heteroatoms. The number of esters is 1. The van der Waals surface area contributed by atoms with E-state index in [2.05, 4.69) is 15.9 Å². The zero-order valence-corrected chi connectivity index (χ0v) is 15.7. The van der Waals surface area contributed by atoms with Crippen LogP contribution in [0.5, 0.6) is 5.75 Å². The monoisotopic (exact) mass is 413 g/mol. The quantitative estimate of drug-likeness (QED) is 0.718. The fraction of sp³-hybridized carbons (Fsp3) is 0.200. The first-order valence-electron chi connectivity index (χ1n) is 8.21. The molecule has 0 bridgehead atoms. The molecule has 5 nitrogen and oxygen atoms in total. The van der Waals surface area contributed by atoms with Crippen molar-refractivity contribution in [3.63, 3.8) is 0 Å². The van der Waals surface area contributed by atoms with E-state index in [0.717, 1.165) is 10.0 Å². The first-order chi connectivity index (χ1) is 12.6. The van der Waals surface area contributed by atoms with E-state index >= 15 is 0 Å². The SMILES string of the molecule is COc1ccccc1[C@H]1CC(=O)N(c2cccc(Br)c2)C2=C1C(=O)OC2. The number of hydrogen-bond acceptors (Lipinski definition) is 4. The number of carbonyl (C=O) groups is 2. The van der Waals surface area contributed by atoms with Crippen molar-refractivity contribution in [1.82, 2.24) is 0 Å². The second-order valence-electron chi connectivity index (χ2n) is 6.14. The Hall–Kier alpha value is -2.60. The number of hydrogen-bond donors (Lipinski definition) is 0. The molecule has 2 heterocycles. The lowest BCUT2D eigenvalue weighted by Gasteiger charge is -2.32. The van der Waals surface area contributed by atoms with E-state index in [1.54, 1.807) is 12.0 Å². The van der Waals surface area contributed by atoms with Crippen LogP contribution in [0.15, 0.2) is 64.3 Å². The van der Waals surface area contributed by atoms with Gasteiger partial charge in [0.25, 0.3) is 0 Å². The summed E-state index contributed by atoms with van der Waals surface area (Å²) in [6.45, 7) is 0.0953. The Labute approximate surface area is 159 Å². The molecule has 0 N–H and O–H groups in total. The van der Waals surface area contributed by atoms with Crippen LogP contribution in [-0.2, 0) is 14.3 Å². The highest BCUT2D eigenvalue weighted by molar-refractivity contribution is 9.10. The van der Waals surface area contributed by atoms with E-state index in [0.29, 0.717) is 22.7 Å². The summed E-state index contributed by atoms with van der Waals surface area (Å²) in [5.74, 6) is -0.153. The predicted molar refractivity (Wildman–Crippen MR) is 100.0 cm³/mol. The Morgan fingerprint density at radius 1 is 1.15 bits per heavy atom. The topological polar surface area (TPSA) is 55.8 Å². The normalized spacial score (nSPS) is 19.5. The summed E-state index contributed by atoms with van der Waals surface area (Å²) in [7, 11) is 1.58. The van der Waals surface area contributed by atoms with Crippen LogP contribution in [0, 0.1) is 0 Å². The Morgan fingerprint density at radius 2 is 1.96 bits per heavy atom. The van der Waals surface area contributed by atoms with E-state index in [4.69, 9.17) is 9.47 Å². The largest absolute Gasteiger partial charge is 0.496 e. The first-order valence-corrected chi connectivity index (χ1v) is 9.01. The molecule has 0 aromatic heterocycles. The van der Waals surface area contributed by atoms with Gasteiger partial charge in [0.1, 0.15) is 12.4 Å². The summed E-state index contributed by atoms with van der Waals surface area (Å²) in [5.41, 5.74) is 2.69. The van der Waals surface area contributed by atoms with Gasteiger partial charge in [-0.05, 0) is 24.3 Å². The van der Waals surface area contributed by atoms with Crippen molar-refractivity contribution in [2.24, 2.45) is 0 Å². The number of carbonyl (C=O) groups excluding carboxylic acids is 2. The maximum absolute atomic E-state index is 13.0. The van der Waals surface area contributed by atoms with Crippen molar-refractivity contribution in [1.29, 1.82) is 0 Å². The van der Waals surface area contributed by atoms with Crippen LogP contribution >= 0.6 is 15.9 Å². The van der Waals surface area contributed by atoms with Crippen LogP contribution in [0.4, 0.5) is 5.69 Å². The van der Waals surface area contributed by atoms with Crippen molar-refractivity contribution in [2.75, 3.05) is 18.6 Å². The molecule has 0 aliphatic carbocycles. The molecule has 0 unspecified atom stereocenters. The Bertz CT molecular complexity index is 937. The number of benzene rings is 2. The zero-order valence-electron chi connectivity index (χ0n) is 14.1. The fourth-order valence-electron chi connectivity index (χ4n) is 3.59. The van der Waals surface area contributed by atoms with Gasteiger partial charge in [0.05, 0.1) is 18.4 Å². The average Bonchev–Trinajstić information content (AvgIpc) is 3.02. The first kappa shape index (κ1) is 16.8. The van der Waals surface area contributed by atoms with Crippen LogP contribution in [0.1, 0.15) is 17.9 Å². The summed E-state index contributed by atoms with van der Waals surface area (Å²) in [6.07, 6.45) is 0.181. The molecule has 0 radical (unpaired) electrons. The maximum Gasteiger partial charge on any atom is 0.336 e. The molecule has 2 aliphatic rings. The number of anilines is 1. The van der Waals surface area contributed by atoms with Gasteiger partial charge in [-0.2, -0.15) is 0 Å². The van der Waals surface area contributed by atoms with E-state index < -0.39 is 0 Å². The molecule has 1 atom stereocenters. The Morgan fingerprint density at radius 3 is 2.73 bits per heavy atom. The van der Waals surface area contributed by atoms with Crippen molar-refractivity contribution in [3.05, 3.63) is 69.8 Å². The minimum absolute atomic E-state index is 0.0731. The zero-order chi connectivity index (χ0) is 18.3. The van der Waals surface area contributed by atoms with Crippen LogP contribution in [0.3, 0.4) is 0 Å². The maximum atomic E-state index is 13.0. The standard InChI is InChI=1S/C20H16BrNO4/c1-25-17-8-3-2-7-14(17)15-10-18(23)22(13-6-4-5-12(21)9-13)16-11-26-20(24)19(15)16/h2-9,15H,10-11H2,1H3/t15-/m1/s1. The lowest BCUT2D eigenvalue weighted by molar-refractivity contribution is -0.136. The van der Waals surface area contributed by atoms with Crippen molar-refractivity contribution < 1.29 is 19.1 Å². The molecule has 2 aliphatic heterocycles. The number of cyclic esters (lactones) is 1. The molecule has 0 saturated carbocycles. The van der Waals surface area contributed by atoms with Gasteiger partial charge in [0.2, 0.25) is 5.91 Å². The number of ether oxygens (including phenoxy) is 2. The van der Waals surface area contributed by atoms with Gasteiger partial charge in [-0.1, -0.05) is 40.2 Å². The molecule has 0 spiro atoms. The van der Waals surface area contributed by atoms with E-state index in [1.165, 1.54) is 0 Å². The van der Waals surface area contributed by atoms with E-state index in [-0.39, 0.29) is 30.8 Å². The summed E-state index contributed by atoms with van der Waals surface area (Å²) in [5, 5.41) is 0. The smallest absolute Gasteiger partial charge is 0.336 e. The van der Waals surface area contributed by atoms with Crippen LogP contribution in [0.25, 0.3) is 0 Å². The second-order valence-corrected chi connectivity index (χ2v) is 7.06. The van der Waals surface area contributed by atoms with Crippen molar-refractivity contribution in [2.45, 2.75) is 12.3 Å². The minimum Gasteiger partial charge on any atom is -0.496 e. The summed E-state index contributed by atoms with van der Waals surface area (Å²) in [4.78, 5) is 27.1. The highest BCUT2D eigenvalue weighted by Gasteiger charge is 2.43. The average molecular weight is 414 g/mol. The molecule has 26 heavy (non-hydrogen) atoms. The summed E-state index contributed by atoms with van der Waals surface area (Å²) in [6, 6.07) is 14.9. The third-order valence-electron chi connectivity index (χ3n) is 4.70. The number of amides is 1. The minimum atomic E-state index is -0.372. The molecule has 2 aromatic rings. The van der Waals surface area contributed by atoms with Gasteiger partial charge < -0.3 is 9.47 Å². The van der Waals surface area contributed by atoms with Crippen LogP contribution < -0.4 is 9.64 Å². The number of rotatable bonds is 3. The molecule has 1 amide bonds. The van der Waals surface area contributed by atoms with E-state index in [1.807, 2.05) is 48.5 Å². The number of halogens is 1. The third-order valence-corrected chi connectivity index (χ3v) is 5.19. The number of para-hydroxylation sites is 1. The van der Waals surface area contributed by atoms with E-state index in [9.17, 15) is 9.59 Å². The lowest BCUT2D eigenvalue weighted by Crippen LogP contribution is -2.37. The van der Waals surface area contributed by atoms with Gasteiger partial charge in [0.15, 0.2) is 0 Å². The third kappa shape index (κ3) is 2.70. The molecule has 4 rings (SSSR count). The van der Waals surface area contributed by atoms with Gasteiger partial charge in [-0.3, -0.25) is 9.69 Å². The molecule has 2 aromatic carbocycles. The second kappa shape index (κ2) is 6.61. The van der Waals surface area contributed by atoms with Crippen molar-refractivity contribution >= 4 is 33.5 Å². The molecular weight excluding hydrogens is 398 g/mol. The van der Waals surface area contributed by atoms with Crippen molar-refractivity contribution in [3.8, 4) is 5.75 Å². The predicted octanol–water partition coefficient (Wildman–Crippen LogP) is 3.79. The van der Waals surface area contributed by atoms with Crippen LogP contribution in [-0.4, -0.2) is 25.6 Å². The lowest BCUT2D eigenvalue weighted by atomic mass is 9.83. The number of nitrogens with zero attached hydrogens (tertiary/aromatic N) is 1. The van der Waals surface area contributed by atoms with Gasteiger partial charge in [0, 0.05) is 28.1 Å². The molecular formula is C20H16BrNO4. The number of methoxy groups -OCH3 is 1. The Kier molecular flexibility index (Phi) is 4.28. The summed E-state index contributed by atoms with van der Waals surface area (Å²) < 4.78 is 11.6. The highest BCUT2D eigenvalue weighted by Crippen LogP contribution is 2.44. The molecule has 132 valence electrons. The molecule has 0 saturated heterocycles. The van der Waals surface area contributed by atoms with Crippen LogP contribution in [0.2, 0.25) is 0 Å². The Balaban J connectivity index is 1.86. The highest BCUT2D eigenvalue weighted by atomic mass is 79.9. The summed E-state index contributed by atoms with van der Waals surface area (Å²) >= 11 is 3.43. The molecule has 0 fully saturated rings.